The zero-order valence-corrected chi connectivity index (χ0v) is 20.6. The van der Waals surface area contributed by atoms with Gasteiger partial charge in [-0.15, -0.1) is 11.6 Å². The first-order chi connectivity index (χ1) is 16.0. The van der Waals surface area contributed by atoms with Crippen molar-refractivity contribution in [1.29, 1.82) is 0 Å². The molecule has 1 aliphatic rings. The van der Waals surface area contributed by atoms with Crippen LogP contribution in [-0.2, 0) is 15.7 Å². The summed E-state index contributed by atoms with van der Waals surface area (Å²) in [5, 5.41) is 10.5. The van der Waals surface area contributed by atoms with E-state index in [1.807, 2.05) is 41.3 Å². The van der Waals surface area contributed by atoms with Crippen LogP contribution >= 0.6 is 23.2 Å². The fourth-order valence-corrected chi connectivity index (χ4v) is 6.79. The van der Waals surface area contributed by atoms with E-state index >= 15 is 0 Å². The first-order valence-electron chi connectivity index (χ1n) is 10.5. The molecule has 0 radical (unpaired) electrons. The van der Waals surface area contributed by atoms with Crippen LogP contribution in [0.3, 0.4) is 0 Å². The monoisotopic (exact) mass is 525 g/mol. The average Bonchev–Trinajstić information content (AvgIpc) is 2.73. The molecule has 0 saturated carbocycles. The van der Waals surface area contributed by atoms with Crippen LogP contribution in [0.4, 0.5) is 8.78 Å². The van der Waals surface area contributed by atoms with Crippen molar-refractivity contribution in [2.75, 3.05) is 19.3 Å². The minimum Gasteiger partial charge on any atom is -0.385 e. The molecule has 0 unspecified atom stereocenters. The van der Waals surface area contributed by atoms with Crippen molar-refractivity contribution >= 4 is 33.0 Å². The van der Waals surface area contributed by atoms with Gasteiger partial charge in [0.1, 0.15) is 22.5 Å². The summed E-state index contributed by atoms with van der Waals surface area (Å²) in [6.45, 7) is -0.0699. The molecule has 9 heteroatoms. The number of hydrogen-bond acceptors (Lipinski definition) is 4. The largest absolute Gasteiger partial charge is 0.385 e. The summed E-state index contributed by atoms with van der Waals surface area (Å²) < 4.78 is 53.2. The molecule has 0 spiro atoms. The van der Waals surface area contributed by atoms with E-state index in [4.69, 9.17) is 23.2 Å². The lowest BCUT2D eigenvalue weighted by molar-refractivity contribution is -0.112. The maximum absolute atomic E-state index is 13.9. The third kappa shape index (κ3) is 4.99. The second-order valence-corrected chi connectivity index (χ2v) is 11.5. The molecular weight excluding hydrogens is 503 g/mol. The Morgan fingerprint density at radius 1 is 1.00 bits per heavy atom. The van der Waals surface area contributed by atoms with Gasteiger partial charge in [-0.1, -0.05) is 48.0 Å². The first kappa shape index (κ1) is 25.1. The smallest absolute Gasteiger partial charge is 0.157 e. The molecule has 0 bridgehead atoms. The maximum Gasteiger partial charge on any atom is 0.157 e. The Morgan fingerprint density at radius 2 is 1.59 bits per heavy atom. The Bertz CT molecular complexity index is 1280. The molecule has 4 nitrogen and oxygen atoms in total. The van der Waals surface area contributed by atoms with Gasteiger partial charge in [0.2, 0.25) is 0 Å². The first-order valence-corrected chi connectivity index (χ1v) is 13.4. The zero-order valence-electron chi connectivity index (χ0n) is 18.3. The predicted molar refractivity (Wildman–Crippen MR) is 130 cm³/mol. The Balaban J connectivity index is 1.73. The Morgan fingerprint density at radius 3 is 2.15 bits per heavy atom. The Labute approximate surface area is 207 Å². The lowest BCUT2D eigenvalue weighted by atomic mass is 9.82. The summed E-state index contributed by atoms with van der Waals surface area (Å²) in [5.41, 5.74) is 0.832. The molecule has 34 heavy (non-hydrogen) atoms. The van der Waals surface area contributed by atoms with E-state index in [-0.39, 0.29) is 30.6 Å². The van der Waals surface area contributed by atoms with Gasteiger partial charge >= 0.3 is 0 Å². The van der Waals surface area contributed by atoms with Crippen LogP contribution in [0.1, 0.15) is 33.5 Å². The third-order valence-corrected chi connectivity index (χ3v) is 8.21. The molecule has 1 fully saturated rings. The quantitative estimate of drug-likeness (QED) is 0.426. The SMILES string of the molecule is CS(=O)(=O)[C@@H](c1cc(F)cc(F)c1)C1(O)CN([C@H](c2ccc(Cl)cc2)c2ccccc2CCl)C1. The molecule has 0 aromatic heterocycles. The topological polar surface area (TPSA) is 57.6 Å². The highest BCUT2D eigenvalue weighted by atomic mass is 35.5. The lowest BCUT2D eigenvalue weighted by Gasteiger charge is -2.53. The summed E-state index contributed by atoms with van der Waals surface area (Å²) in [6, 6.07) is 17.1. The normalized spacial score (nSPS) is 17.7. The van der Waals surface area contributed by atoms with E-state index in [0.717, 1.165) is 35.1 Å². The second-order valence-electron chi connectivity index (χ2n) is 8.71. The Kier molecular flexibility index (Phi) is 7.04. The molecule has 180 valence electrons. The zero-order chi connectivity index (χ0) is 24.7. The number of sulfone groups is 1. The van der Waals surface area contributed by atoms with Crippen molar-refractivity contribution < 1.29 is 22.3 Å². The van der Waals surface area contributed by atoms with Crippen molar-refractivity contribution in [2.45, 2.75) is 22.8 Å². The molecular formula is C25H23Cl2F2NO3S. The van der Waals surface area contributed by atoms with Crippen molar-refractivity contribution in [1.82, 2.24) is 4.90 Å². The van der Waals surface area contributed by atoms with Gasteiger partial charge in [0.15, 0.2) is 9.84 Å². The van der Waals surface area contributed by atoms with Gasteiger partial charge in [-0.05, 0) is 46.5 Å². The molecule has 1 saturated heterocycles. The van der Waals surface area contributed by atoms with Crippen molar-refractivity contribution in [3.05, 3.63) is 106 Å². The Hall–Kier alpha value is -2.03. The average molecular weight is 526 g/mol. The maximum atomic E-state index is 13.9. The molecule has 2 atom stereocenters. The number of aliphatic hydroxyl groups is 1. The van der Waals surface area contributed by atoms with Crippen LogP contribution in [0.2, 0.25) is 5.02 Å². The standard InChI is InChI=1S/C25H23Cl2F2NO3S/c1-34(32,33)24(18-10-20(28)12-21(29)11-18)25(31)14-30(15-25)23(16-6-8-19(27)9-7-16)22-5-3-2-4-17(22)13-26/h2-12,23-24,31H,13-15H2,1H3/t23-,24+/m1/s1. The fourth-order valence-electron chi connectivity index (χ4n) is 4.84. The summed E-state index contributed by atoms with van der Waals surface area (Å²) in [4.78, 5) is 1.92. The summed E-state index contributed by atoms with van der Waals surface area (Å²) in [7, 11) is -3.92. The van der Waals surface area contributed by atoms with Gasteiger partial charge < -0.3 is 5.11 Å². The van der Waals surface area contributed by atoms with E-state index in [9.17, 15) is 22.3 Å². The number of benzene rings is 3. The van der Waals surface area contributed by atoms with E-state index in [0.29, 0.717) is 11.1 Å². The molecule has 0 amide bonds. The van der Waals surface area contributed by atoms with Crippen LogP contribution in [0.25, 0.3) is 0 Å². The van der Waals surface area contributed by atoms with E-state index < -0.39 is 32.3 Å². The number of nitrogens with zero attached hydrogens (tertiary/aromatic N) is 1. The van der Waals surface area contributed by atoms with Crippen LogP contribution in [0, 0.1) is 11.6 Å². The fraction of sp³-hybridized carbons (Fsp3) is 0.280. The van der Waals surface area contributed by atoms with Gasteiger partial charge in [0, 0.05) is 36.3 Å². The highest BCUT2D eigenvalue weighted by molar-refractivity contribution is 7.91. The number of likely N-dealkylation sites (tertiary alicyclic amines) is 1. The van der Waals surface area contributed by atoms with Gasteiger partial charge in [0.25, 0.3) is 0 Å². The molecule has 1 heterocycles. The van der Waals surface area contributed by atoms with Crippen molar-refractivity contribution in [2.24, 2.45) is 0 Å². The van der Waals surface area contributed by atoms with Crippen LogP contribution in [-0.4, -0.2) is 43.4 Å². The second kappa shape index (κ2) is 9.55. The summed E-state index contributed by atoms with van der Waals surface area (Å²) in [6.07, 6.45) is 0.959. The highest BCUT2D eigenvalue weighted by Crippen LogP contribution is 2.45. The van der Waals surface area contributed by atoms with Crippen molar-refractivity contribution in [3.63, 3.8) is 0 Å². The number of hydrogen-bond donors (Lipinski definition) is 1. The summed E-state index contributed by atoms with van der Waals surface area (Å²) in [5.74, 6) is -1.54. The molecule has 4 rings (SSSR count). The van der Waals surface area contributed by atoms with Crippen molar-refractivity contribution in [3.8, 4) is 0 Å². The summed E-state index contributed by atoms with van der Waals surface area (Å²) >= 11 is 12.3. The number of halogens is 4. The predicted octanol–water partition coefficient (Wildman–Crippen LogP) is 5.28. The van der Waals surface area contributed by atoms with E-state index in [1.54, 1.807) is 12.1 Å². The minimum absolute atomic E-state index is 0.0349. The van der Waals surface area contributed by atoms with Crippen LogP contribution < -0.4 is 0 Å². The molecule has 1 N–H and O–H groups in total. The van der Waals surface area contributed by atoms with E-state index in [1.165, 1.54) is 0 Å². The molecule has 3 aromatic carbocycles. The lowest BCUT2D eigenvalue weighted by Crippen LogP contribution is -2.66. The number of β-amino-alcohol motifs (C(OH)–C–C–N with tert-alkyl or cyclic N) is 1. The van der Waals surface area contributed by atoms with Gasteiger partial charge in [-0.2, -0.15) is 0 Å². The molecule has 3 aromatic rings. The van der Waals surface area contributed by atoms with Gasteiger partial charge in [-0.3, -0.25) is 4.90 Å². The number of rotatable bonds is 7. The molecule has 1 aliphatic heterocycles. The van der Waals surface area contributed by atoms with Gasteiger partial charge in [-0.25, -0.2) is 17.2 Å². The third-order valence-electron chi connectivity index (χ3n) is 6.10. The van der Waals surface area contributed by atoms with Crippen LogP contribution in [0.5, 0.6) is 0 Å². The highest BCUT2D eigenvalue weighted by Gasteiger charge is 2.54. The minimum atomic E-state index is -3.92. The van der Waals surface area contributed by atoms with Gasteiger partial charge in [0.05, 0.1) is 6.04 Å². The molecule has 0 aliphatic carbocycles. The van der Waals surface area contributed by atoms with E-state index in [2.05, 4.69) is 0 Å². The van der Waals surface area contributed by atoms with Crippen LogP contribution in [0.15, 0.2) is 66.7 Å². The number of alkyl halides is 1.